The maximum absolute atomic E-state index is 11.7. The molecule has 1 rings (SSSR count). The summed E-state index contributed by atoms with van der Waals surface area (Å²) < 4.78 is 22.0. The molecule has 0 aliphatic heterocycles. The van der Waals surface area contributed by atoms with Crippen molar-refractivity contribution in [2.45, 2.75) is 30.5 Å². The van der Waals surface area contributed by atoms with E-state index in [2.05, 4.69) is 5.32 Å². The average molecular weight is 282 g/mol. The number of halogens is 1. The summed E-state index contributed by atoms with van der Waals surface area (Å²) in [6, 6.07) is 1.27. The SMILES string of the molecule is CC(C)(C)NC(=O)c1csc(S(=O)(=O)Cl)c1. The molecule has 90 valence electrons. The van der Waals surface area contributed by atoms with Gasteiger partial charge < -0.3 is 5.32 Å². The minimum absolute atomic E-state index is 0.0202. The Balaban J connectivity index is 2.92. The molecule has 0 fully saturated rings. The Labute approximate surface area is 103 Å². The van der Waals surface area contributed by atoms with Gasteiger partial charge >= 0.3 is 0 Å². The summed E-state index contributed by atoms with van der Waals surface area (Å²) in [6.07, 6.45) is 0. The number of rotatable bonds is 2. The minimum Gasteiger partial charge on any atom is -0.347 e. The monoisotopic (exact) mass is 281 g/mol. The topological polar surface area (TPSA) is 63.2 Å². The molecule has 0 saturated heterocycles. The quantitative estimate of drug-likeness (QED) is 0.846. The van der Waals surface area contributed by atoms with Crippen molar-refractivity contribution in [3.05, 3.63) is 17.0 Å². The van der Waals surface area contributed by atoms with Gasteiger partial charge in [-0.05, 0) is 26.8 Å². The summed E-state index contributed by atoms with van der Waals surface area (Å²) in [4.78, 5) is 11.7. The van der Waals surface area contributed by atoms with Crippen LogP contribution in [0, 0.1) is 0 Å². The van der Waals surface area contributed by atoms with Crippen molar-refractivity contribution in [2.24, 2.45) is 0 Å². The van der Waals surface area contributed by atoms with Crippen LogP contribution in [0.3, 0.4) is 0 Å². The number of carbonyl (C=O) groups is 1. The maximum atomic E-state index is 11.7. The van der Waals surface area contributed by atoms with Gasteiger partial charge in [0.05, 0.1) is 5.56 Å². The molecule has 0 aromatic carbocycles. The molecule has 1 heterocycles. The fourth-order valence-electron chi connectivity index (χ4n) is 0.976. The van der Waals surface area contributed by atoms with Crippen LogP contribution in [0.15, 0.2) is 15.7 Å². The Kier molecular flexibility index (Phi) is 3.66. The molecular formula is C9H12ClNO3S2. The van der Waals surface area contributed by atoms with Gasteiger partial charge in [0.25, 0.3) is 15.0 Å². The Hall–Kier alpha value is -0.590. The van der Waals surface area contributed by atoms with Crippen molar-refractivity contribution < 1.29 is 13.2 Å². The summed E-state index contributed by atoms with van der Waals surface area (Å²) in [5.74, 6) is -0.310. The summed E-state index contributed by atoms with van der Waals surface area (Å²) in [7, 11) is 1.41. The molecule has 0 radical (unpaired) electrons. The molecule has 0 atom stereocenters. The first kappa shape index (κ1) is 13.5. The standard InChI is InChI=1S/C9H12ClNO3S2/c1-9(2,3)11-8(12)6-4-7(15-5-6)16(10,13)14/h4-5H,1-3H3,(H,11,12). The van der Waals surface area contributed by atoms with Crippen molar-refractivity contribution in [3.63, 3.8) is 0 Å². The first-order chi connectivity index (χ1) is 7.09. The highest BCUT2D eigenvalue weighted by Gasteiger charge is 2.19. The Morgan fingerprint density at radius 1 is 1.44 bits per heavy atom. The van der Waals surface area contributed by atoms with Gasteiger partial charge in [-0.2, -0.15) is 0 Å². The van der Waals surface area contributed by atoms with Gasteiger partial charge in [0.15, 0.2) is 0 Å². The van der Waals surface area contributed by atoms with Gasteiger partial charge in [0.2, 0.25) is 0 Å². The molecular weight excluding hydrogens is 270 g/mol. The van der Waals surface area contributed by atoms with E-state index in [-0.39, 0.29) is 15.7 Å². The van der Waals surface area contributed by atoms with E-state index in [0.717, 1.165) is 11.3 Å². The molecule has 0 aliphatic carbocycles. The molecule has 0 bridgehead atoms. The van der Waals surface area contributed by atoms with Crippen molar-refractivity contribution in [3.8, 4) is 0 Å². The van der Waals surface area contributed by atoms with Crippen LogP contribution in [0.1, 0.15) is 31.1 Å². The Morgan fingerprint density at radius 3 is 2.38 bits per heavy atom. The van der Waals surface area contributed by atoms with Gasteiger partial charge in [-0.3, -0.25) is 4.79 Å². The lowest BCUT2D eigenvalue weighted by Gasteiger charge is -2.19. The number of hydrogen-bond acceptors (Lipinski definition) is 4. The van der Waals surface area contributed by atoms with Gasteiger partial charge in [-0.25, -0.2) is 8.42 Å². The second-order valence-corrected chi connectivity index (χ2v) is 8.00. The first-order valence-electron chi connectivity index (χ1n) is 4.45. The van der Waals surface area contributed by atoms with Crippen LogP contribution < -0.4 is 5.32 Å². The van der Waals surface area contributed by atoms with Gasteiger partial charge in [0.1, 0.15) is 4.21 Å². The average Bonchev–Trinajstić information content (AvgIpc) is 2.46. The number of amides is 1. The third-order valence-corrected chi connectivity index (χ3v) is 4.61. The van der Waals surface area contributed by atoms with Crippen LogP contribution in [0.4, 0.5) is 0 Å². The molecule has 1 aromatic rings. The van der Waals surface area contributed by atoms with E-state index in [1.807, 2.05) is 20.8 Å². The van der Waals surface area contributed by atoms with Crippen molar-refractivity contribution in [2.75, 3.05) is 0 Å². The summed E-state index contributed by atoms with van der Waals surface area (Å²) in [6.45, 7) is 5.53. The van der Waals surface area contributed by atoms with Crippen LogP contribution >= 0.6 is 22.0 Å². The van der Waals surface area contributed by atoms with E-state index < -0.39 is 9.05 Å². The molecule has 1 amide bonds. The van der Waals surface area contributed by atoms with Gasteiger partial charge in [0, 0.05) is 21.6 Å². The predicted molar refractivity (Wildman–Crippen MR) is 64.6 cm³/mol. The van der Waals surface area contributed by atoms with E-state index in [9.17, 15) is 13.2 Å². The predicted octanol–water partition coefficient (Wildman–Crippen LogP) is 2.20. The molecule has 0 spiro atoms. The van der Waals surface area contributed by atoms with Crippen LogP contribution in [0.5, 0.6) is 0 Å². The third-order valence-electron chi connectivity index (χ3n) is 1.57. The maximum Gasteiger partial charge on any atom is 0.270 e. The van der Waals surface area contributed by atoms with Crippen molar-refractivity contribution >= 4 is 37.0 Å². The van der Waals surface area contributed by atoms with E-state index in [1.165, 1.54) is 11.4 Å². The van der Waals surface area contributed by atoms with E-state index in [1.54, 1.807) is 0 Å². The molecule has 7 heteroatoms. The Bertz CT molecular complexity index is 499. The van der Waals surface area contributed by atoms with Crippen molar-refractivity contribution in [1.82, 2.24) is 5.32 Å². The number of hydrogen-bond donors (Lipinski definition) is 1. The van der Waals surface area contributed by atoms with Gasteiger partial charge in [-0.1, -0.05) is 0 Å². The zero-order valence-electron chi connectivity index (χ0n) is 9.07. The van der Waals surface area contributed by atoms with Crippen LogP contribution in [-0.4, -0.2) is 19.9 Å². The molecule has 0 saturated carbocycles. The highest BCUT2D eigenvalue weighted by Crippen LogP contribution is 2.23. The zero-order chi connectivity index (χ0) is 12.6. The summed E-state index contributed by atoms with van der Waals surface area (Å²) in [5.41, 5.74) is -0.0573. The van der Waals surface area contributed by atoms with Gasteiger partial charge in [-0.15, -0.1) is 11.3 Å². The minimum atomic E-state index is -3.75. The summed E-state index contributed by atoms with van der Waals surface area (Å²) >= 11 is 0.930. The fourth-order valence-corrected chi connectivity index (χ4v) is 2.92. The van der Waals surface area contributed by atoms with E-state index >= 15 is 0 Å². The van der Waals surface area contributed by atoms with Crippen LogP contribution in [-0.2, 0) is 9.05 Å². The second kappa shape index (κ2) is 4.35. The highest BCUT2D eigenvalue weighted by molar-refractivity contribution is 8.15. The first-order valence-corrected chi connectivity index (χ1v) is 7.64. The lowest BCUT2D eigenvalue weighted by atomic mass is 10.1. The highest BCUT2D eigenvalue weighted by atomic mass is 35.7. The fraction of sp³-hybridized carbons (Fsp3) is 0.444. The molecule has 16 heavy (non-hydrogen) atoms. The molecule has 1 aromatic heterocycles. The molecule has 0 unspecified atom stereocenters. The number of nitrogens with one attached hydrogen (secondary N) is 1. The summed E-state index contributed by atoms with van der Waals surface area (Å²) in [5, 5.41) is 4.20. The van der Waals surface area contributed by atoms with Crippen LogP contribution in [0.25, 0.3) is 0 Å². The van der Waals surface area contributed by atoms with Crippen molar-refractivity contribution in [1.29, 1.82) is 0 Å². The lowest BCUT2D eigenvalue weighted by Crippen LogP contribution is -2.40. The normalized spacial score (nSPS) is 12.5. The lowest BCUT2D eigenvalue weighted by molar-refractivity contribution is 0.0920. The molecule has 0 aliphatic rings. The largest absolute Gasteiger partial charge is 0.347 e. The smallest absolute Gasteiger partial charge is 0.270 e. The third kappa shape index (κ3) is 3.77. The Morgan fingerprint density at radius 2 is 2.00 bits per heavy atom. The van der Waals surface area contributed by atoms with E-state index in [0.29, 0.717) is 5.56 Å². The number of thiophene rings is 1. The van der Waals surface area contributed by atoms with E-state index in [4.69, 9.17) is 10.7 Å². The molecule has 1 N–H and O–H groups in total. The molecule has 4 nitrogen and oxygen atoms in total. The zero-order valence-corrected chi connectivity index (χ0v) is 11.5. The number of carbonyl (C=O) groups excluding carboxylic acids is 1. The second-order valence-electron chi connectivity index (χ2n) is 4.30. The van der Waals surface area contributed by atoms with Crippen LogP contribution in [0.2, 0.25) is 0 Å².